The van der Waals surface area contributed by atoms with Crippen LogP contribution < -0.4 is 11.1 Å². The van der Waals surface area contributed by atoms with Crippen molar-refractivity contribution in [3.63, 3.8) is 0 Å². The number of carbonyl (C=O) groups excluding carboxylic acids is 2. The fourth-order valence-corrected chi connectivity index (χ4v) is 2.79. The summed E-state index contributed by atoms with van der Waals surface area (Å²) in [6.07, 6.45) is 4.72. The third-order valence-electron chi connectivity index (χ3n) is 4.26. The molecular formula is C17H25N3O2. The fourth-order valence-electron chi connectivity index (χ4n) is 2.79. The quantitative estimate of drug-likeness (QED) is 0.888. The number of benzene rings is 1. The lowest BCUT2D eigenvalue weighted by Crippen LogP contribution is -2.54. The van der Waals surface area contributed by atoms with Gasteiger partial charge in [0.2, 0.25) is 5.91 Å². The Hall–Kier alpha value is -1.88. The van der Waals surface area contributed by atoms with Gasteiger partial charge in [-0.25, -0.2) is 0 Å². The van der Waals surface area contributed by atoms with Crippen molar-refractivity contribution in [3.05, 3.63) is 35.4 Å². The van der Waals surface area contributed by atoms with Crippen LogP contribution in [0.15, 0.2) is 24.3 Å². The smallest absolute Gasteiger partial charge is 0.253 e. The molecule has 1 aromatic carbocycles. The summed E-state index contributed by atoms with van der Waals surface area (Å²) >= 11 is 0. The Labute approximate surface area is 131 Å². The second kappa shape index (κ2) is 6.92. The van der Waals surface area contributed by atoms with Crippen LogP contribution in [0, 0.1) is 0 Å². The molecule has 0 atom stereocenters. The number of nitrogens with one attached hydrogen (secondary N) is 1. The first-order chi connectivity index (χ1) is 10.4. The van der Waals surface area contributed by atoms with Crippen molar-refractivity contribution >= 4 is 11.8 Å². The normalized spacial score (nSPS) is 16.9. The Morgan fingerprint density at radius 2 is 1.73 bits per heavy atom. The molecule has 5 nitrogen and oxygen atoms in total. The maximum atomic E-state index is 12.3. The molecule has 0 bridgehead atoms. The fraction of sp³-hybridized carbons (Fsp3) is 0.529. The number of hydrogen-bond donors (Lipinski definition) is 2. The Morgan fingerprint density at radius 1 is 1.14 bits per heavy atom. The molecule has 0 aromatic heterocycles. The molecule has 0 heterocycles. The van der Waals surface area contributed by atoms with Gasteiger partial charge in [0, 0.05) is 26.2 Å². The van der Waals surface area contributed by atoms with E-state index in [-0.39, 0.29) is 11.8 Å². The number of hydrogen-bond acceptors (Lipinski definition) is 3. The number of amides is 2. The van der Waals surface area contributed by atoms with E-state index >= 15 is 0 Å². The molecule has 2 amide bonds. The second-order valence-electron chi connectivity index (χ2n) is 6.30. The predicted molar refractivity (Wildman–Crippen MR) is 86.3 cm³/mol. The van der Waals surface area contributed by atoms with Crippen molar-refractivity contribution in [1.82, 2.24) is 10.2 Å². The van der Waals surface area contributed by atoms with Crippen LogP contribution in [0.2, 0.25) is 0 Å². The Balaban J connectivity index is 1.91. The van der Waals surface area contributed by atoms with E-state index in [1.807, 2.05) is 12.1 Å². The summed E-state index contributed by atoms with van der Waals surface area (Å²) in [7, 11) is 3.45. The molecule has 5 heteroatoms. The largest absolute Gasteiger partial charge is 0.350 e. The topological polar surface area (TPSA) is 75.4 Å². The lowest BCUT2D eigenvalue weighted by atomic mass is 9.82. The van der Waals surface area contributed by atoms with Gasteiger partial charge < -0.3 is 16.0 Å². The van der Waals surface area contributed by atoms with Crippen molar-refractivity contribution in [3.8, 4) is 0 Å². The minimum Gasteiger partial charge on any atom is -0.350 e. The van der Waals surface area contributed by atoms with Gasteiger partial charge >= 0.3 is 0 Å². The maximum Gasteiger partial charge on any atom is 0.253 e. The van der Waals surface area contributed by atoms with E-state index in [0.717, 1.165) is 37.7 Å². The van der Waals surface area contributed by atoms with Crippen LogP contribution in [0.5, 0.6) is 0 Å². The summed E-state index contributed by atoms with van der Waals surface area (Å²) in [5.41, 5.74) is 7.09. The third kappa shape index (κ3) is 3.85. The summed E-state index contributed by atoms with van der Waals surface area (Å²) in [4.78, 5) is 25.6. The van der Waals surface area contributed by atoms with Crippen LogP contribution in [0.25, 0.3) is 0 Å². The summed E-state index contributed by atoms with van der Waals surface area (Å²) < 4.78 is 0. The van der Waals surface area contributed by atoms with E-state index in [1.54, 1.807) is 26.2 Å². The minimum absolute atomic E-state index is 0.0290. The van der Waals surface area contributed by atoms with Gasteiger partial charge in [-0.3, -0.25) is 9.59 Å². The highest BCUT2D eigenvalue weighted by molar-refractivity contribution is 5.93. The van der Waals surface area contributed by atoms with E-state index < -0.39 is 5.54 Å². The molecule has 1 aliphatic rings. The SMILES string of the molecule is CN(C)C(=O)c1ccc(CNC(=O)C2(N)CCCCC2)cc1. The molecule has 0 spiro atoms. The zero-order valence-corrected chi connectivity index (χ0v) is 13.4. The third-order valence-corrected chi connectivity index (χ3v) is 4.26. The molecule has 1 aromatic rings. The summed E-state index contributed by atoms with van der Waals surface area (Å²) in [5, 5.41) is 2.92. The molecule has 3 N–H and O–H groups in total. The Bertz CT molecular complexity index is 531. The van der Waals surface area contributed by atoms with Gasteiger partial charge in [-0.2, -0.15) is 0 Å². The first kappa shape index (κ1) is 16.5. The number of carbonyl (C=O) groups is 2. The average Bonchev–Trinajstić information content (AvgIpc) is 2.53. The van der Waals surface area contributed by atoms with Gasteiger partial charge in [0.1, 0.15) is 0 Å². The van der Waals surface area contributed by atoms with Gasteiger partial charge in [0.05, 0.1) is 5.54 Å². The summed E-state index contributed by atoms with van der Waals surface area (Å²) in [6, 6.07) is 7.29. The van der Waals surface area contributed by atoms with Gasteiger partial charge in [-0.15, -0.1) is 0 Å². The Kier molecular flexibility index (Phi) is 5.19. The van der Waals surface area contributed by atoms with Crippen molar-refractivity contribution in [1.29, 1.82) is 0 Å². The highest BCUT2D eigenvalue weighted by Gasteiger charge is 2.34. The molecule has 120 valence electrons. The summed E-state index contributed by atoms with van der Waals surface area (Å²) in [5.74, 6) is -0.0978. The van der Waals surface area contributed by atoms with Gasteiger partial charge in [-0.05, 0) is 30.5 Å². The number of nitrogens with two attached hydrogens (primary N) is 1. The van der Waals surface area contributed by atoms with E-state index in [1.165, 1.54) is 4.90 Å². The molecule has 1 saturated carbocycles. The molecule has 1 aliphatic carbocycles. The van der Waals surface area contributed by atoms with Gasteiger partial charge in [-0.1, -0.05) is 31.4 Å². The first-order valence-electron chi connectivity index (χ1n) is 7.80. The summed E-state index contributed by atoms with van der Waals surface area (Å²) in [6.45, 7) is 0.439. The van der Waals surface area contributed by atoms with E-state index in [0.29, 0.717) is 12.1 Å². The zero-order chi connectivity index (χ0) is 16.2. The molecule has 0 aliphatic heterocycles. The van der Waals surface area contributed by atoms with Crippen LogP contribution >= 0.6 is 0 Å². The molecule has 0 unspecified atom stereocenters. The van der Waals surface area contributed by atoms with Crippen LogP contribution in [0.4, 0.5) is 0 Å². The zero-order valence-electron chi connectivity index (χ0n) is 13.4. The predicted octanol–water partition coefficient (Wildman–Crippen LogP) is 1.67. The maximum absolute atomic E-state index is 12.3. The number of rotatable bonds is 4. The second-order valence-corrected chi connectivity index (χ2v) is 6.30. The molecular weight excluding hydrogens is 278 g/mol. The van der Waals surface area contributed by atoms with Crippen LogP contribution in [-0.2, 0) is 11.3 Å². The first-order valence-corrected chi connectivity index (χ1v) is 7.80. The van der Waals surface area contributed by atoms with Gasteiger partial charge in [0.15, 0.2) is 0 Å². The van der Waals surface area contributed by atoms with Crippen molar-refractivity contribution in [2.75, 3.05) is 14.1 Å². The van der Waals surface area contributed by atoms with Crippen molar-refractivity contribution in [2.45, 2.75) is 44.2 Å². The van der Waals surface area contributed by atoms with Crippen LogP contribution in [-0.4, -0.2) is 36.3 Å². The molecule has 0 saturated heterocycles. The van der Waals surface area contributed by atoms with Gasteiger partial charge in [0.25, 0.3) is 5.91 Å². The average molecular weight is 303 g/mol. The standard InChI is InChI=1S/C17H25N3O2/c1-20(2)15(21)14-8-6-13(7-9-14)12-19-16(22)17(18)10-4-3-5-11-17/h6-9H,3-5,10-12,18H2,1-2H3,(H,19,22). The lowest BCUT2D eigenvalue weighted by molar-refractivity contribution is -0.127. The molecule has 1 fully saturated rings. The highest BCUT2D eigenvalue weighted by atomic mass is 16.2. The van der Waals surface area contributed by atoms with Crippen molar-refractivity contribution < 1.29 is 9.59 Å². The van der Waals surface area contributed by atoms with E-state index in [9.17, 15) is 9.59 Å². The van der Waals surface area contributed by atoms with E-state index in [4.69, 9.17) is 5.73 Å². The Morgan fingerprint density at radius 3 is 2.27 bits per heavy atom. The van der Waals surface area contributed by atoms with Crippen LogP contribution in [0.3, 0.4) is 0 Å². The lowest BCUT2D eigenvalue weighted by Gasteiger charge is -2.31. The van der Waals surface area contributed by atoms with E-state index in [2.05, 4.69) is 5.32 Å². The van der Waals surface area contributed by atoms with Crippen LogP contribution in [0.1, 0.15) is 48.0 Å². The molecule has 2 rings (SSSR count). The monoisotopic (exact) mass is 303 g/mol. The minimum atomic E-state index is -0.709. The molecule has 22 heavy (non-hydrogen) atoms. The van der Waals surface area contributed by atoms with Crippen molar-refractivity contribution in [2.24, 2.45) is 5.73 Å². The number of nitrogens with zero attached hydrogens (tertiary/aromatic N) is 1. The highest BCUT2D eigenvalue weighted by Crippen LogP contribution is 2.26. The molecule has 0 radical (unpaired) electrons.